The van der Waals surface area contributed by atoms with E-state index < -0.39 is 6.61 Å². The Hall–Kier alpha value is -5.13. The third-order valence-electron chi connectivity index (χ3n) is 13.3. The van der Waals surface area contributed by atoms with Crippen LogP contribution in [0.1, 0.15) is 90.3 Å². The number of aromatic nitrogens is 1. The monoisotopic (exact) mass is 857 g/mol. The number of rotatable bonds is 24. The zero-order chi connectivity index (χ0) is 44.6. The fourth-order valence-electron chi connectivity index (χ4n) is 9.93. The molecule has 7 N–H and O–H groups in total. The van der Waals surface area contributed by atoms with Crippen LogP contribution >= 0.6 is 0 Å². The van der Waals surface area contributed by atoms with Crippen molar-refractivity contribution < 1.29 is 29.6 Å². The summed E-state index contributed by atoms with van der Waals surface area (Å²) in [4.78, 5) is 31.2. The molecule has 10 heteroatoms. The number of phenolic OH excluding ortho intramolecular Hbond substituents is 1. The van der Waals surface area contributed by atoms with Gasteiger partial charge in [-0.05, 0) is 170 Å². The Morgan fingerprint density at radius 1 is 0.921 bits per heavy atom. The van der Waals surface area contributed by atoms with Gasteiger partial charge in [-0.1, -0.05) is 73.2 Å². The largest absolute Gasteiger partial charge is 0.504 e. The third kappa shape index (κ3) is 13.7. The summed E-state index contributed by atoms with van der Waals surface area (Å²) in [5, 5.41) is 38.3. The summed E-state index contributed by atoms with van der Waals surface area (Å²) in [6.07, 6.45) is 17.0. The van der Waals surface area contributed by atoms with Gasteiger partial charge in [0.1, 0.15) is 11.6 Å². The molecule has 2 heterocycles. The van der Waals surface area contributed by atoms with Crippen LogP contribution in [0.3, 0.4) is 0 Å². The predicted molar refractivity (Wildman–Crippen MR) is 252 cm³/mol. The minimum Gasteiger partial charge on any atom is -0.504 e. The highest BCUT2D eigenvalue weighted by molar-refractivity contribution is 6.07. The topological polar surface area (TPSA) is 167 Å². The van der Waals surface area contributed by atoms with Gasteiger partial charge in [-0.25, -0.2) is 4.98 Å². The number of allylic oxidation sites excluding steroid dienone is 1. The quantitative estimate of drug-likeness (QED) is 0.0238. The van der Waals surface area contributed by atoms with Crippen LogP contribution < -0.4 is 21.1 Å². The maximum absolute atomic E-state index is 13.5. The van der Waals surface area contributed by atoms with Crippen LogP contribution in [0.2, 0.25) is 0 Å². The van der Waals surface area contributed by atoms with Gasteiger partial charge in [-0.3, -0.25) is 9.59 Å². The normalized spacial score (nSPS) is 19.1. The number of Topliss-reactive ketones (excluding diaryl/α,β-unsaturated/α-hetero) is 1. The number of nitrogens with zero attached hydrogens (tertiary/aromatic N) is 1. The van der Waals surface area contributed by atoms with Crippen molar-refractivity contribution in [2.45, 2.75) is 89.5 Å². The number of nitrogens with two attached hydrogens (primary N) is 1. The number of carbonyl (C=O) groups is 2. The first-order chi connectivity index (χ1) is 30.7. The lowest BCUT2D eigenvalue weighted by molar-refractivity contribution is -0.124. The van der Waals surface area contributed by atoms with Crippen molar-refractivity contribution in [3.05, 3.63) is 136 Å². The van der Waals surface area contributed by atoms with Crippen molar-refractivity contribution in [3.63, 3.8) is 0 Å². The lowest BCUT2D eigenvalue weighted by Gasteiger charge is -2.44. The average Bonchev–Trinajstić information content (AvgIpc) is 3.30. The van der Waals surface area contributed by atoms with Gasteiger partial charge in [0.15, 0.2) is 17.3 Å². The molecule has 1 aliphatic heterocycles. The molecule has 1 saturated heterocycles. The molecule has 0 radical (unpaired) electrons. The van der Waals surface area contributed by atoms with Crippen molar-refractivity contribution in [1.29, 1.82) is 0 Å². The van der Waals surface area contributed by atoms with Crippen molar-refractivity contribution in [2.24, 2.45) is 23.7 Å². The number of nitrogen functional groups attached to an aromatic ring is 1. The first kappa shape index (κ1) is 47.4. The molecule has 10 nitrogen and oxygen atoms in total. The zero-order valence-electron chi connectivity index (χ0n) is 37.2. The van der Waals surface area contributed by atoms with Gasteiger partial charge in [0.25, 0.3) is 0 Å². The van der Waals surface area contributed by atoms with Gasteiger partial charge in [0.05, 0.1) is 20.1 Å². The number of ether oxygens (including phenoxy) is 1. The molecule has 2 aliphatic rings. The van der Waals surface area contributed by atoms with Gasteiger partial charge >= 0.3 is 0 Å². The van der Waals surface area contributed by atoms with Crippen LogP contribution in [-0.2, 0) is 41.7 Å². The standard InChI is InChI=1S/C53H68N4O6/c1-55-50-21-20-41-33-56-23-22-47(41)49(50)26-37(14-8-24-58)13-7-15-45(60)31-46(61)28-44(35-59)48-32-52(63-2)51(62)29-42(48)27-43-34-57-53(54)30-40(43)19-18-39-12-6-11-38(25-39)17-16-36-9-4-3-5-10-36/h3-6,9-12,20-21,25,28-30,32,34,37,41,47,49-50,55-56,58-59,62H,7-8,13-19,22-24,26-27,31,33,35H2,1-2H3,(H2,54,57)/t37-,41-,47+,49+,50-/m0/s1. The van der Waals surface area contributed by atoms with E-state index in [-0.39, 0.29) is 36.1 Å². The van der Waals surface area contributed by atoms with E-state index in [1.807, 2.05) is 19.2 Å². The minimum absolute atomic E-state index is 0.0680. The molecule has 0 bridgehead atoms. The molecule has 63 heavy (non-hydrogen) atoms. The highest BCUT2D eigenvalue weighted by Crippen LogP contribution is 2.40. The Morgan fingerprint density at radius 2 is 1.67 bits per heavy atom. The second-order valence-corrected chi connectivity index (χ2v) is 17.6. The maximum Gasteiger partial charge on any atom is 0.163 e. The first-order valence-electron chi connectivity index (χ1n) is 23.0. The minimum atomic E-state index is -0.456. The number of anilines is 1. The highest BCUT2D eigenvalue weighted by atomic mass is 16.5. The number of piperidine rings is 1. The number of carbonyl (C=O) groups excluding carboxylic acids is 2. The van der Waals surface area contributed by atoms with E-state index in [0.29, 0.717) is 77.9 Å². The number of hydrogen-bond acceptors (Lipinski definition) is 10. The van der Waals surface area contributed by atoms with Gasteiger partial charge in [0, 0.05) is 31.8 Å². The van der Waals surface area contributed by atoms with E-state index >= 15 is 0 Å². The Balaban J connectivity index is 1.10. The van der Waals surface area contributed by atoms with E-state index in [1.165, 1.54) is 29.9 Å². The molecule has 0 amide bonds. The van der Waals surface area contributed by atoms with Crippen molar-refractivity contribution in [2.75, 3.05) is 46.2 Å². The van der Waals surface area contributed by atoms with Gasteiger partial charge in [-0.15, -0.1) is 0 Å². The molecule has 1 aromatic heterocycles. The number of aromatic hydroxyl groups is 1. The van der Waals surface area contributed by atoms with E-state index in [0.717, 1.165) is 75.6 Å². The third-order valence-corrected chi connectivity index (χ3v) is 13.3. The average molecular weight is 857 g/mol. The van der Waals surface area contributed by atoms with Crippen molar-refractivity contribution in [3.8, 4) is 11.5 Å². The van der Waals surface area contributed by atoms with E-state index in [9.17, 15) is 24.9 Å². The maximum atomic E-state index is 13.5. The van der Waals surface area contributed by atoms with Crippen LogP contribution in [0, 0.1) is 23.7 Å². The molecular formula is C53H68N4O6. The number of aryl methyl sites for hydroxylation is 4. The number of fused-ring (bicyclic) bond motifs is 1. The number of phenols is 1. The molecule has 1 fully saturated rings. The van der Waals surface area contributed by atoms with Crippen molar-refractivity contribution in [1.82, 2.24) is 15.6 Å². The van der Waals surface area contributed by atoms with Crippen LogP contribution in [0.4, 0.5) is 5.82 Å². The van der Waals surface area contributed by atoms with E-state index in [1.54, 1.807) is 18.3 Å². The fraction of sp³-hybridized carbons (Fsp3) is 0.453. The molecule has 336 valence electrons. The molecule has 3 aromatic carbocycles. The second-order valence-electron chi connectivity index (χ2n) is 17.6. The van der Waals surface area contributed by atoms with Crippen molar-refractivity contribution >= 4 is 23.0 Å². The number of hydrogen-bond donors (Lipinski definition) is 6. The molecule has 5 atom stereocenters. The Labute approximate surface area is 374 Å². The van der Waals surface area contributed by atoms with Crippen LogP contribution in [0.25, 0.3) is 5.57 Å². The number of methoxy groups -OCH3 is 1. The lowest BCUT2D eigenvalue weighted by Crippen LogP contribution is -2.48. The van der Waals surface area contributed by atoms with Gasteiger partial charge in [-0.2, -0.15) is 0 Å². The number of likely N-dealkylation sites (N-methyl/N-ethyl adjacent to an activating group) is 1. The molecule has 6 rings (SSSR count). The number of ketones is 2. The SMILES string of the molecule is CN[C@H]1C=C[C@H]2CNCC[C@H]2[C@H]1C[C@H](CCCO)CCCC(=O)CC(=O)C=C(CO)c1cc(OC)c(O)cc1Cc1cnc(N)cc1CCc1cccc(CCc2ccccc2)c1. The second kappa shape index (κ2) is 24.1. The smallest absolute Gasteiger partial charge is 0.163 e. The Morgan fingerprint density at radius 3 is 2.41 bits per heavy atom. The number of aliphatic hydroxyl groups is 2. The van der Waals surface area contributed by atoms with E-state index in [4.69, 9.17) is 10.5 Å². The summed E-state index contributed by atoms with van der Waals surface area (Å²) in [6.45, 7) is 1.74. The summed E-state index contributed by atoms with van der Waals surface area (Å²) in [6, 6.07) is 24.6. The molecular weight excluding hydrogens is 789 g/mol. The molecule has 4 aromatic rings. The van der Waals surface area contributed by atoms with E-state index in [2.05, 4.69) is 76.3 Å². The molecule has 0 saturated carbocycles. The number of aliphatic hydroxyl groups excluding tert-OH is 2. The van der Waals surface area contributed by atoms with Gasteiger partial charge < -0.3 is 36.4 Å². The number of benzene rings is 3. The summed E-state index contributed by atoms with van der Waals surface area (Å²) in [5.74, 6) is 2.06. The summed E-state index contributed by atoms with van der Waals surface area (Å²) < 4.78 is 5.46. The summed E-state index contributed by atoms with van der Waals surface area (Å²) >= 11 is 0. The predicted octanol–water partition coefficient (Wildman–Crippen LogP) is 7.39. The van der Waals surface area contributed by atoms with Crippen LogP contribution in [0.5, 0.6) is 11.5 Å². The highest BCUT2D eigenvalue weighted by Gasteiger charge is 2.38. The van der Waals surface area contributed by atoms with Gasteiger partial charge in [0.2, 0.25) is 0 Å². The molecule has 0 unspecified atom stereocenters. The summed E-state index contributed by atoms with van der Waals surface area (Å²) in [7, 11) is 3.48. The molecule has 1 aliphatic carbocycles. The number of pyridine rings is 1. The zero-order valence-corrected chi connectivity index (χ0v) is 37.2. The summed E-state index contributed by atoms with van der Waals surface area (Å²) in [5.41, 5.74) is 13.5. The lowest BCUT2D eigenvalue weighted by atomic mass is 9.66. The Bertz CT molecular complexity index is 2170. The van der Waals surface area contributed by atoms with Crippen LogP contribution in [-0.4, -0.2) is 78.4 Å². The first-order valence-corrected chi connectivity index (χ1v) is 23.0. The fourth-order valence-corrected chi connectivity index (χ4v) is 9.93. The Kier molecular flexibility index (Phi) is 18.1. The molecule has 0 spiro atoms. The number of nitrogens with one attached hydrogen (secondary N) is 2. The van der Waals surface area contributed by atoms with Crippen LogP contribution in [0.15, 0.2) is 97.2 Å².